The number of aliphatic hydroxyl groups excluding tert-OH is 1. The lowest BCUT2D eigenvalue weighted by Crippen LogP contribution is -2.43. The van der Waals surface area contributed by atoms with E-state index in [9.17, 15) is 5.11 Å². The van der Waals surface area contributed by atoms with Crippen molar-refractivity contribution in [3.05, 3.63) is 16.5 Å². The number of aromatic nitrogens is 5. The molecule has 1 aliphatic rings. The number of aliphatic hydroxyl groups is 1. The standard InChI is InChI=1S/C11H13N5O/c1-6-12-10-14-13-9-7(16(10)15-6)4-11(2,3)5-8(9)17/h4,17H,5H2,1-3H3. The zero-order valence-corrected chi connectivity index (χ0v) is 9.97. The van der Waals surface area contributed by atoms with Gasteiger partial charge in [0.2, 0.25) is 0 Å². The van der Waals surface area contributed by atoms with Crippen LogP contribution in [0.3, 0.4) is 0 Å². The van der Waals surface area contributed by atoms with E-state index in [-0.39, 0.29) is 11.2 Å². The largest absolute Gasteiger partial charge is 0.510 e. The van der Waals surface area contributed by atoms with Crippen molar-refractivity contribution in [3.8, 4) is 0 Å². The Kier molecular flexibility index (Phi) is 1.81. The number of rotatable bonds is 0. The van der Waals surface area contributed by atoms with E-state index >= 15 is 0 Å². The third-order valence-corrected chi connectivity index (χ3v) is 2.83. The molecular weight excluding hydrogens is 218 g/mol. The first kappa shape index (κ1) is 10.2. The lowest BCUT2D eigenvalue weighted by molar-refractivity contribution is 0.405. The Morgan fingerprint density at radius 3 is 2.88 bits per heavy atom. The van der Waals surface area contributed by atoms with Gasteiger partial charge in [0.1, 0.15) is 16.9 Å². The summed E-state index contributed by atoms with van der Waals surface area (Å²) in [6, 6.07) is 0. The molecule has 2 heterocycles. The first-order valence-electron chi connectivity index (χ1n) is 5.47. The van der Waals surface area contributed by atoms with Crippen LogP contribution in [0.4, 0.5) is 0 Å². The average Bonchev–Trinajstić information content (AvgIpc) is 2.57. The predicted octanol–water partition coefficient (Wildman–Crippen LogP) is -0.296. The molecule has 0 aromatic carbocycles. The molecule has 1 N–H and O–H groups in total. The highest BCUT2D eigenvalue weighted by Crippen LogP contribution is 2.26. The number of nitrogens with zero attached hydrogens (tertiary/aromatic N) is 5. The monoisotopic (exact) mass is 231 g/mol. The molecule has 6 heteroatoms. The molecule has 0 unspecified atom stereocenters. The Balaban J connectivity index is 2.55. The van der Waals surface area contributed by atoms with Crippen LogP contribution in [0.25, 0.3) is 17.6 Å². The van der Waals surface area contributed by atoms with Gasteiger partial charge in [-0.25, -0.2) is 0 Å². The molecule has 2 aromatic heterocycles. The summed E-state index contributed by atoms with van der Waals surface area (Å²) in [7, 11) is 0. The van der Waals surface area contributed by atoms with E-state index in [1.807, 2.05) is 0 Å². The fourth-order valence-corrected chi connectivity index (χ4v) is 2.15. The van der Waals surface area contributed by atoms with Crippen LogP contribution in [0.1, 0.15) is 26.1 Å². The van der Waals surface area contributed by atoms with Gasteiger partial charge < -0.3 is 5.11 Å². The Labute approximate surface area is 97.3 Å². The van der Waals surface area contributed by atoms with Crippen LogP contribution in [0, 0.1) is 12.3 Å². The minimum atomic E-state index is -0.118. The lowest BCUT2D eigenvalue weighted by atomic mass is 9.85. The average molecular weight is 231 g/mol. The van der Waals surface area contributed by atoms with Gasteiger partial charge in [-0.15, -0.1) is 15.3 Å². The first-order chi connectivity index (χ1) is 7.96. The molecule has 0 spiro atoms. The summed E-state index contributed by atoms with van der Waals surface area (Å²) < 4.78 is 1.63. The number of aryl methyl sites for hydroxylation is 1. The van der Waals surface area contributed by atoms with E-state index in [0.29, 0.717) is 23.4 Å². The minimum absolute atomic E-state index is 0.118. The molecule has 0 saturated carbocycles. The SMILES string of the molecule is Cc1nc2nnc3c(n2n1)=CC(C)(C)CC=3O. The molecule has 6 nitrogen and oxygen atoms in total. The smallest absolute Gasteiger partial charge is 0.272 e. The summed E-state index contributed by atoms with van der Waals surface area (Å²) in [5.41, 5.74) is -0.118. The molecule has 0 aliphatic heterocycles. The van der Waals surface area contributed by atoms with Gasteiger partial charge in [0.15, 0.2) is 0 Å². The minimum Gasteiger partial charge on any atom is -0.510 e. The van der Waals surface area contributed by atoms with Crippen LogP contribution in [0.2, 0.25) is 0 Å². The molecule has 0 radical (unpaired) electrons. The second-order valence-electron chi connectivity index (χ2n) is 5.06. The summed E-state index contributed by atoms with van der Waals surface area (Å²) in [4.78, 5) is 4.16. The first-order valence-corrected chi connectivity index (χ1v) is 5.47. The number of hydrogen-bond acceptors (Lipinski definition) is 5. The van der Waals surface area contributed by atoms with Gasteiger partial charge >= 0.3 is 0 Å². The molecule has 0 amide bonds. The molecule has 0 bridgehead atoms. The lowest BCUT2D eigenvalue weighted by Gasteiger charge is -2.22. The van der Waals surface area contributed by atoms with Crippen LogP contribution >= 0.6 is 0 Å². The zero-order chi connectivity index (χ0) is 12.2. The van der Waals surface area contributed by atoms with Crippen molar-refractivity contribution < 1.29 is 5.11 Å². The molecule has 17 heavy (non-hydrogen) atoms. The molecule has 88 valence electrons. The highest BCUT2D eigenvalue weighted by atomic mass is 16.3. The Hall–Kier alpha value is -1.98. The fraction of sp³-hybridized carbons (Fsp3) is 0.455. The summed E-state index contributed by atoms with van der Waals surface area (Å²) in [6.07, 6.45) is 2.62. The van der Waals surface area contributed by atoms with Crippen molar-refractivity contribution in [2.75, 3.05) is 0 Å². The van der Waals surface area contributed by atoms with Crippen LogP contribution in [0.5, 0.6) is 0 Å². The summed E-state index contributed by atoms with van der Waals surface area (Å²) in [5, 5.41) is 23.5. The van der Waals surface area contributed by atoms with Crippen LogP contribution < -0.4 is 10.7 Å². The van der Waals surface area contributed by atoms with Crippen LogP contribution in [-0.4, -0.2) is 29.9 Å². The second kappa shape index (κ2) is 3.03. The Morgan fingerprint density at radius 2 is 2.12 bits per heavy atom. The van der Waals surface area contributed by atoms with E-state index < -0.39 is 0 Å². The van der Waals surface area contributed by atoms with E-state index in [0.717, 1.165) is 5.35 Å². The van der Waals surface area contributed by atoms with Crippen molar-refractivity contribution in [1.82, 2.24) is 24.8 Å². The van der Waals surface area contributed by atoms with Gasteiger partial charge in [0.05, 0.1) is 5.35 Å². The van der Waals surface area contributed by atoms with E-state index in [4.69, 9.17) is 0 Å². The zero-order valence-electron chi connectivity index (χ0n) is 9.97. The summed E-state index contributed by atoms with van der Waals surface area (Å²) >= 11 is 0. The van der Waals surface area contributed by atoms with Gasteiger partial charge in [-0.05, 0) is 18.4 Å². The van der Waals surface area contributed by atoms with Crippen LogP contribution in [0.15, 0.2) is 0 Å². The third kappa shape index (κ3) is 1.48. The normalized spacial score (nSPS) is 17.9. The van der Waals surface area contributed by atoms with Crippen molar-refractivity contribution in [2.24, 2.45) is 5.41 Å². The van der Waals surface area contributed by atoms with E-state index in [1.54, 1.807) is 11.4 Å². The van der Waals surface area contributed by atoms with Gasteiger partial charge in [0.25, 0.3) is 5.78 Å². The molecule has 2 aromatic rings. The van der Waals surface area contributed by atoms with Gasteiger partial charge in [-0.3, -0.25) is 0 Å². The Morgan fingerprint density at radius 1 is 1.35 bits per heavy atom. The summed E-state index contributed by atoms with van der Waals surface area (Å²) in [6.45, 7) is 5.92. The maximum absolute atomic E-state index is 10.00. The van der Waals surface area contributed by atoms with E-state index in [1.165, 1.54) is 0 Å². The van der Waals surface area contributed by atoms with Crippen molar-refractivity contribution in [1.29, 1.82) is 0 Å². The third-order valence-electron chi connectivity index (χ3n) is 2.83. The number of hydrogen-bond donors (Lipinski definition) is 1. The van der Waals surface area contributed by atoms with Gasteiger partial charge in [0, 0.05) is 6.42 Å². The fourth-order valence-electron chi connectivity index (χ4n) is 2.15. The summed E-state index contributed by atoms with van der Waals surface area (Å²) in [5.74, 6) is 1.36. The number of fused-ring (bicyclic) bond motifs is 3. The quantitative estimate of drug-likeness (QED) is 0.674. The molecule has 0 saturated heterocycles. The van der Waals surface area contributed by atoms with Gasteiger partial charge in [-0.1, -0.05) is 13.8 Å². The molecule has 0 atom stereocenters. The molecular formula is C11H13N5O. The topological polar surface area (TPSA) is 76.2 Å². The maximum atomic E-state index is 10.00. The highest BCUT2D eigenvalue weighted by Gasteiger charge is 2.23. The maximum Gasteiger partial charge on any atom is 0.272 e. The molecule has 0 fully saturated rings. The van der Waals surface area contributed by atoms with Gasteiger partial charge in [-0.2, -0.15) is 9.50 Å². The predicted molar refractivity (Wildman–Crippen MR) is 61.5 cm³/mol. The molecule has 1 aliphatic carbocycles. The van der Waals surface area contributed by atoms with Crippen molar-refractivity contribution in [3.63, 3.8) is 0 Å². The Bertz CT molecular complexity index is 728. The van der Waals surface area contributed by atoms with Crippen LogP contribution in [-0.2, 0) is 0 Å². The molecule has 3 rings (SSSR count). The van der Waals surface area contributed by atoms with Crippen molar-refractivity contribution >= 4 is 17.6 Å². The van der Waals surface area contributed by atoms with Crippen molar-refractivity contribution in [2.45, 2.75) is 27.2 Å². The highest BCUT2D eigenvalue weighted by molar-refractivity contribution is 5.46. The second-order valence-corrected chi connectivity index (χ2v) is 5.06. The van der Waals surface area contributed by atoms with E-state index in [2.05, 4.69) is 40.2 Å².